The maximum absolute atomic E-state index is 13.6. The van der Waals surface area contributed by atoms with Crippen LogP contribution in [0.4, 0.5) is 4.39 Å². The maximum Gasteiger partial charge on any atom is 0.328 e. The summed E-state index contributed by atoms with van der Waals surface area (Å²) in [5, 5.41) is 11.9. The maximum atomic E-state index is 13.6. The molecule has 154 valence electrons. The number of pyridine rings is 2. The number of esters is 1. The normalized spacial score (nSPS) is 11.6. The van der Waals surface area contributed by atoms with E-state index in [9.17, 15) is 19.1 Å². The molecule has 7 nitrogen and oxygen atoms in total. The minimum absolute atomic E-state index is 0.00695. The van der Waals surface area contributed by atoms with Crippen molar-refractivity contribution in [2.75, 3.05) is 7.11 Å². The van der Waals surface area contributed by atoms with Gasteiger partial charge in [0.05, 0.1) is 18.5 Å². The fourth-order valence-corrected chi connectivity index (χ4v) is 2.88. The van der Waals surface area contributed by atoms with Gasteiger partial charge < -0.3 is 15.2 Å². The summed E-state index contributed by atoms with van der Waals surface area (Å²) in [6.07, 6.45) is 3.13. The number of phenols is 1. The van der Waals surface area contributed by atoms with Crippen molar-refractivity contribution in [3.8, 4) is 17.1 Å². The molecule has 2 N–H and O–H groups in total. The Labute approximate surface area is 172 Å². The molecule has 0 fully saturated rings. The second kappa shape index (κ2) is 9.13. The topological polar surface area (TPSA) is 101 Å². The fourth-order valence-electron chi connectivity index (χ4n) is 2.88. The van der Waals surface area contributed by atoms with Gasteiger partial charge in [0.25, 0.3) is 5.91 Å². The van der Waals surface area contributed by atoms with Crippen molar-refractivity contribution in [3.63, 3.8) is 0 Å². The number of carbonyl (C=O) groups excluding carboxylic acids is 2. The van der Waals surface area contributed by atoms with Gasteiger partial charge in [0.1, 0.15) is 6.04 Å². The molecule has 2 heterocycles. The first-order valence-electron chi connectivity index (χ1n) is 9.12. The lowest BCUT2D eigenvalue weighted by molar-refractivity contribution is -0.142. The quantitative estimate of drug-likeness (QED) is 0.607. The lowest BCUT2D eigenvalue weighted by Gasteiger charge is -2.17. The van der Waals surface area contributed by atoms with Crippen LogP contribution in [0.2, 0.25) is 0 Å². The molecular formula is C22H20FN3O4. The number of hydrogen-bond donors (Lipinski definition) is 2. The Bertz CT molecular complexity index is 1090. The summed E-state index contributed by atoms with van der Waals surface area (Å²) in [6.45, 7) is 1.93. The number of aryl methyl sites for hydroxylation is 1. The molecular weight excluding hydrogens is 389 g/mol. The van der Waals surface area contributed by atoms with Crippen LogP contribution in [0.5, 0.6) is 5.75 Å². The van der Waals surface area contributed by atoms with Gasteiger partial charge in [-0.2, -0.15) is 0 Å². The van der Waals surface area contributed by atoms with Gasteiger partial charge in [0, 0.05) is 24.4 Å². The van der Waals surface area contributed by atoms with E-state index in [0.717, 1.165) is 11.6 Å². The number of hydrogen-bond acceptors (Lipinski definition) is 6. The number of halogens is 1. The van der Waals surface area contributed by atoms with Crippen LogP contribution in [0.15, 0.2) is 54.9 Å². The molecule has 1 atom stereocenters. The Balaban J connectivity index is 1.81. The molecule has 3 aromatic rings. The minimum Gasteiger partial charge on any atom is -0.505 e. The highest BCUT2D eigenvalue weighted by Crippen LogP contribution is 2.19. The van der Waals surface area contributed by atoms with E-state index in [4.69, 9.17) is 4.74 Å². The Hall–Kier alpha value is -3.81. The van der Waals surface area contributed by atoms with Crippen LogP contribution in [0, 0.1) is 12.7 Å². The predicted octanol–water partition coefficient (Wildman–Crippen LogP) is 2.81. The van der Waals surface area contributed by atoms with Gasteiger partial charge in [-0.25, -0.2) is 9.18 Å². The van der Waals surface area contributed by atoms with Crippen LogP contribution in [-0.4, -0.2) is 40.1 Å². The van der Waals surface area contributed by atoms with Crippen LogP contribution in [0.25, 0.3) is 11.4 Å². The summed E-state index contributed by atoms with van der Waals surface area (Å²) in [4.78, 5) is 33.4. The number of carbonyl (C=O) groups is 2. The lowest BCUT2D eigenvalue weighted by atomic mass is 10.0. The highest BCUT2D eigenvalue weighted by molar-refractivity contribution is 5.97. The van der Waals surface area contributed by atoms with E-state index in [1.807, 2.05) is 19.1 Å². The molecule has 0 aliphatic heterocycles. The van der Waals surface area contributed by atoms with Crippen LogP contribution >= 0.6 is 0 Å². The van der Waals surface area contributed by atoms with Crippen LogP contribution < -0.4 is 5.32 Å². The number of ether oxygens (including phenoxy) is 1. The Morgan fingerprint density at radius 3 is 2.47 bits per heavy atom. The number of methoxy groups -OCH3 is 1. The monoisotopic (exact) mass is 409 g/mol. The van der Waals surface area contributed by atoms with E-state index in [-0.39, 0.29) is 12.0 Å². The Kier molecular flexibility index (Phi) is 6.36. The Morgan fingerprint density at radius 1 is 1.10 bits per heavy atom. The highest BCUT2D eigenvalue weighted by atomic mass is 19.1. The highest BCUT2D eigenvalue weighted by Gasteiger charge is 2.23. The first kappa shape index (κ1) is 20.9. The average molecular weight is 409 g/mol. The van der Waals surface area contributed by atoms with Crippen molar-refractivity contribution < 1.29 is 23.8 Å². The number of phenolic OH excluding ortho intramolecular Hbond substituents is 1. The summed E-state index contributed by atoms with van der Waals surface area (Å²) in [7, 11) is 1.20. The second-order valence-electron chi connectivity index (χ2n) is 6.69. The van der Waals surface area contributed by atoms with Crippen LogP contribution in [0.1, 0.15) is 21.5 Å². The number of nitrogens with one attached hydrogen (secondary N) is 1. The number of rotatable bonds is 6. The number of amides is 1. The lowest BCUT2D eigenvalue weighted by Crippen LogP contribution is -2.43. The smallest absolute Gasteiger partial charge is 0.328 e. The zero-order valence-corrected chi connectivity index (χ0v) is 16.4. The zero-order valence-electron chi connectivity index (χ0n) is 16.4. The van der Waals surface area contributed by atoms with Crippen LogP contribution in [-0.2, 0) is 16.0 Å². The third kappa shape index (κ3) is 4.96. The first-order chi connectivity index (χ1) is 14.4. The molecule has 8 heteroatoms. The largest absolute Gasteiger partial charge is 0.505 e. The summed E-state index contributed by atoms with van der Waals surface area (Å²) in [5.74, 6) is -2.49. The van der Waals surface area contributed by atoms with E-state index < -0.39 is 29.5 Å². The van der Waals surface area contributed by atoms with Gasteiger partial charge in [-0.1, -0.05) is 6.07 Å². The minimum atomic E-state index is -1.04. The summed E-state index contributed by atoms with van der Waals surface area (Å²) >= 11 is 0. The number of aromatic hydroxyl groups is 1. The van der Waals surface area contributed by atoms with E-state index in [2.05, 4.69) is 15.3 Å². The molecule has 30 heavy (non-hydrogen) atoms. The third-order valence-electron chi connectivity index (χ3n) is 4.44. The third-order valence-corrected chi connectivity index (χ3v) is 4.44. The van der Waals surface area contributed by atoms with Gasteiger partial charge in [0.2, 0.25) is 0 Å². The second-order valence-corrected chi connectivity index (χ2v) is 6.69. The van der Waals surface area contributed by atoms with Crippen LogP contribution in [0.3, 0.4) is 0 Å². The van der Waals surface area contributed by atoms with Crippen molar-refractivity contribution in [2.24, 2.45) is 0 Å². The van der Waals surface area contributed by atoms with Crippen molar-refractivity contribution in [2.45, 2.75) is 19.4 Å². The summed E-state index contributed by atoms with van der Waals surface area (Å²) in [5.41, 5.74) is 2.84. The first-order valence-corrected chi connectivity index (χ1v) is 9.12. The molecule has 0 radical (unpaired) electrons. The molecule has 0 bridgehead atoms. The predicted molar refractivity (Wildman–Crippen MR) is 107 cm³/mol. The van der Waals surface area contributed by atoms with E-state index in [1.165, 1.54) is 31.5 Å². The summed E-state index contributed by atoms with van der Waals surface area (Å²) < 4.78 is 18.4. The molecule has 3 rings (SSSR count). The molecule has 0 saturated heterocycles. The molecule has 2 aromatic heterocycles. The summed E-state index contributed by atoms with van der Waals surface area (Å²) in [6, 6.07) is 9.51. The van der Waals surface area contributed by atoms with Crippen molar-refractivity contribution in [3.05, 3.63) is 77.4 Å². The molecule has 0 unspecified atom stereocenters. The molecule has 0 spiro atoms. The molecule has 0 aliphatic carbocycles. The van der Waals surface area contributed by atoms with Crippen molar-refractivity contribution >= 4 is 11.9 Å². The SMILES string of the molecule is COC(=O)[C@H](Cc1ccc(O)c(F)c1)NC(=O)c1ccnc(-c2cc(C)ccn2)c1. The van der Waals surface area contributed by atoms with E-state index in [0.29, 0.717) is 17.0 Å². The van der Waals surface area contributed by atoms with E-state index >= 15 is 0 Å². The van der Waals surface area contributed by atoms with Crippen molar-refractivity contribution in [1.29, 1.82) is 0 Å². The zero-order chi connectivity index (χ0) is 21.7. The average Bonchev–Trinajstić information content (AvgIpc) is 2.75. The van der Waals surface area contributed by atoms with Crippen molar-refractivity contribution in [1.82, 2.24) is 15.3 Å². The molecule has 0 saturated carbocycles. The number of nitrogens with zero attached hydrogens (tertiary/aromatic N) is 2. The van der Waals surface area contributed by atoms with Gasteiger partial charge in [0.15, 0.2) is 11.6 Å². The van der Waals surface area contributed by atoms with Gasteiger partial charge in [-0.05, 0) is 54.4 Å². The van der Waals surface area contributed by atoms with Gasteiger partial charge in [-0.15, -0.1) is 0 Å². The number of benzene rings is 1. The Morgan fingerprint density at radius 2 is 1.80 bits per heavy atom. The fraction of sp³-hybridized carbons (Fsp3) is 0.182. The molecule has 0 aliphatic rings. The molecule has 1 aromatic carbocycles. The van der Waals surface area contributed by atoms with Gasteiger partial charge in [-0.3, -0.25) is 14.8 Å². The number of aromatic nitrogens is 2. The molecule has 1 amide bonds. The van der Waals surface area contributed by atoms with E-state index in [1.54, 1.807) is 12.3 Å². The van der Waals surface area contributed by atoms with Gasteiger partial charge >= 0.3 is 5.97 Å². The standard InChI is InChI=1S/C22H20FN3O4/c1-13-5-7-24-17(9-13)18-12-15(6-8-25-18)21(28)26-19(22(29)30-2)11-14-3-4-20(27)16(23)10-14/h3-10,12,19,27H,11H2,1-2H3,(H,26,28)/t19-/m0/s1.